The number of allylic oxidation sites excluding steroid dienone is 5. The lowest BCUT2D eigenvalue weighted by Crippen LogP contribution is -2.27. The van der Waals surface area contributed by atoms with Crippen molar-refractivity contribution in [2.24, 2.45) is 10.8 Å². The number of ether oxygens (including phenoxy) is 1. The molecule has 1 aromatic rings. The third kappa shape index (κ3) is 4.55. The number of hydrogen-bond acceptors (Lipinski definition) is 2. The highest BCUT2D eigenvalue weighted by Gasteiger charge is 2.33. The van der Waals surface area contributed by atoms with Gasteiger partial charge in [0.05, 0.1) is 0 Å². The molecule has 1 aliphatic carbocycles. The largest absolute Gasteiger partial charge is 0.480 e. The molecule has 2 heteroatoms. The van der Waals surface area contributed by atoms with Gasteiger partial charge in [0.1, 0.15) is 12.4 Å². The van der Waals surface area contributed by atoms with Crippen LogP contribution in [0.1, 0.15) is 47.1 Å². The van der Waals surface area contributed by atoms with E-state index in [4.69, 9.17) is 11.2 Å². The van der Waals surface area contributed by atoms with Crippen molar-refractivity contribution in [2.75, 3.05) is 6.61 Å². The molecular formula is C24H28O2. The first-order chi connectivity index (χ1) is 12.0. The molecule has 0 amide bonds. The van der Waals surface area contributed by atoms with Gasteiger partial charge in [0, 0.05) is 16.7 Å². The van der Waals surface area contributed by atoms with Gasteiger partial charge in [0.25, 0.3) is 0 Å². The van der Waals surface area contributed by atoms with Gasteiger partial charge in [-0.1, -0.05) is 65.7 Å². The Morgan fingerprint density at radius 2 is 1.54 bits per heavy atom. The van der Waals surface area contributed by atoms with Crippen LogP contribution in [0.25, 0.3) is 6.08 Å². The van der Waals surface area contributed by atoms with Crippen molar-refractivity contribution < 1.29 is 9.53 Å². The molecule has 0 saturated carbocycles. The Morgan fingerprint density at radius 1 is 1.00 bits per heavy atom. The summed E-state index contributed by atoms with van der Waals surface area (Å²) in [6.07, 6.45) is 11.4. The van der Waals surface area contributed by atoms with E-state index in [1.54, 1.807) is 0 Å². The van der Waals surface area contributed by atoms with Gasteiger partial charge in [0.2, 0.25) is 0 Å². The molecule has 2 nitrogen and oxygen atoms in total. The van der Waals surface area contributed by atoms with Crippen LogP contribution in [-0.4, -0.2) is 12.4 Å². The molecule has 0 atom stereocenters. The fraction of sp³-hybridized carbons (Fsp3) is 0.375. The second-order valence-corrected chi connectivity index (χ2v) is 8.62. The summed E-state index contributed by atoms with van der Waals surface area (Å²) in [7, 11) is 0. The Bertz CT molecular complexity index is 792. The average molecular weight is 348 g/mol. The van der Waals surface area contributed by atoms with Gasteiger partial charge in [-0.25, -0.2) is 0 Å². The number of hydrogen-bond donors (Lipinski definition) is 0. The minimum atomic E-state index is -0.222. The fourth-order valence-corrected chi connectivity index (χ4v) is 2.88. The summed E-state index contributed by atoms with van der Waals surface area (Å²) in [5, 5.41) is 0. The van der Waals surface area contributed by atoms with E-state index in [2.05, 4.69) is 53.5 Å². The lowest BCUT2D eigenvalue weighted by molar-refractivity contribution is -0.114. The molecule has 2 rings (SSSR count). The van der Waals surface area contributed by atoms with Crippen molar-refractivity contribution in [1.29, 1.82) is 0 Å². The molecule has 0 N–H and O–H groups in total. The van der Waals surface area contributed by atoms with Crippen LogP contribution < -0.4 is 4.74 Å². The van der Waals surface area contributed by atoms with Crippen molar-refractivity contribution in [2.45, 2.75) is 41.5 Å². The van der Waals surface area contributed by atoms with Crippen LogP contribution in [0, 0.1) is 23.2 Å². The minimum absolute atomic E-state index is 0.138. The van der Waals surface area contributed by atoms with Crippen molar-refractivity contribution >= 4 is 11.9 Å². The highest BCUT2D eigenvalue weighted by Crippen LogP contribution is 2.39. The molecule has 0 saturated heterocycles. The zero-order valence-corrected chi connectivity index (χ0v) is 16.6. The van der Waals surface area contributed by atoms with Crippen LogP contribution in [0.15, 0.2) is 53.1 Å². The summed E-state index contributed by atoms with van der Waals surface area (Å²) >= 11 is 0. The van der Waals surface area contributed by atoms with Crippen LogP contribution in [0.3, 0.4) is 0 Å². The normalized spacial score (nSPS) is 15.1. The van der Waals surface area contributed by atoms with Crippen molar-refractivity contribution in [3.63, 3.8) is 0 Å². The number of carbonyl (C=O) groups excluding carboxylic acids is 1. The van der Waals surface area contributed by atoms with E-state index in [0.717, 1.165) is 28.0 Å². The summed E-state index contributed by atoms with van der Waals surface area (Å²) in [5.74, 6) is 3.38. The smallest absolute Gasteiger partial charge is 0.186 e. The lowest BCUT2D eigenvalue weighted by atomic mass is 9.72. The molecule has 1 aliphatic rings. The number of para-hydroxylation sites is 1. The van der Waals surface area contributed by atoms with Crippen molar-refractivity contribution in [1.82, 2.24) is 0 Å². The number of benzene rings is 1. The molecule has 1 aromatic carbocycles. The maximum absolute atomic E-state index is 13.0. The standard InChI is InChI=1S/C24H28O2/c1-8-13-26-21-12-10-9-11-18(21)14-17-15-19(23(2,3)4)22(25)20(16-17)24(5,6)7/h1,9-12,14-16H,13H2,2-7H3. The van der Waals surface area contributed by atoms with E-state index < -0.39 is 0 Å². The van der Waals surface area contributed by atoms with Gasteiger partial charge in [0.15, 0.2) is 5.78 Å². The Morgan fingerprint density at radius 3 is 2.04 bits per heavy atom. The van der Waals surface area contributed by atoms with Gasteiger partial charge in [-0.3, -0.25) is 4.79 Å². The van der Waals surface area contributed by atoms with Gasteiger partial charge in [-0.05, 0) is 40.7 Å². The summed E-state index contributed by atoms with van der Waals surface area (Å²) in [4.78, 5) is 13.0. The molecule has 0 spiro atoms. The maximum atomic E-state index is 13.0. The number of rotatable bonds is 3. The molecule has 26 heavy (non-hydrogen) atoms. The van der Waals surface area contributed by atoms with E-state index in [1.807, 2.05) is 36.4 Å². The third-order valence-electron chi connectivity index (χ3n) is 4.28. The molecule has 0 aliphatic heterocycles. The molecule has 136 valence electrons. The summed E-state index contributed by atoms with van der Waals surface area (Å²) in [6.45, 7) is 12.7. The Labute approximate surface area is 157 Å². The lowest BCUT2D eigenvalue weighted by Gasteiger charge is -2.31. The number of ketones is 1. The monoisotopic (exact) mass is 348 g/mol. The zero-order valence-electron chi connectivity index (χ0n) is 16.6. The van der Waals surface area contributed by atoms with E-state index in [1.165, 1.54) is 0 Å². The molecular weight excluding hydrogens is 320 g/mol. The maximum Gasteiger partial charge on any atom is 0.186 e. The van der Waals surface area contributed by atoms with Crippen molar-refractivity contribution in [3.8, 4) is 18.1 Å². The molecule has 0 unspecified atom stereocenters. The van der Waals surface area contributed by atoms with E-state index in [0.29, 0.717) is 0 Å². The van der Waals surface area contributed by atoms with Crippen LogP contribution in [0.2, 0.25) is 0 Å². The quantitative estimate of drug-likeness (QED) is 0.664. The Kier molecular flexibility index (Phi) is 5.62. The average Bonchev–Trinajstić information content (AvgIpc) is 2.53. The molecule has 0 radical (unpaired) electrons. The predicted octanol–water partition coefficient (Wildman–Crippen LogP) is 5.61. The molecule has 0 aromatic heterocycles. The number of terminal acetylenes is 1. The van der Waals surface area contributed by atoms with Gasteiger partial charge in [-0.15, -0.1) is 6.42 Å². The topological polar surface area (TPSA) is 26.3 Å². The van der Waals surface area contributed by atoms with E-state index in [9.17, 15) is 4.79 Å². The third-order valence-corrected chi connectivity index (χ3v) is 4.28. The first-order valence-corrected chi connectivity index (χ1v) is 8.90. The van der Waals surface area contributed by atoms with Crippen LogP contribution in [0.5, 0.6) is 5.75 Å². The van der Waals surface area contributed by atoms with Gasteiger partial charge < -0.3 is 4.74 Å². The number of carbonyl (C=O) groups is 1. The zero-order chi connectivity index (χ0) is 19.5. The van der Waals surface area contributed by atoms with E-state index >= 15 is 0 Å². The van der Waals surface area contributed by atoms with Crippen molar-refractivity contribution in [3.05, 3.63) is 58.7 Å². The molecule has 0 heterocycles. The minimum Gasteiger partial charge on any atom is -0.480 e. The van der Waals surface area contributed by atoms with Crippen LogP contribution >= 0.6 is 0 Å². The Balaban J connectivity index is 2.58. The summed E-state index contributed by atoms with van der Waals surface area (Å²) in [5.41, 5.74) is 3.16. The summed E-state index contributed by atoms with van der Waals surface area (Å²) < 4.78 is 5.65. The van der Waals surface area contributed by atoms with Crippen LogP contribution in [0.4, 0.5) is 0 Å². The van der Waals surface area contributed by atoms with Gasteiger partial charge >= 0.3 is 0 Å². The number of Topliss-reactive ketones (excluding diaryl/α,β-unsaturated/α-hetero) is 1. The second-order valence-electron chi connectivity index (χ2n) is 8.62. The van der Waals surface area contributed by atoms with Gasteiger partial charge in [-0.2, -0.15) is 0 Å². The highest BCUT2D eigenvalue weighted by atomic mass is 16.5. The SMILES string of the molecule is C#CCOc1ccccc1C=C1C=C(C(C)(C)C)C(=O)C(C(C)(C)C)=C1. The summed E-state index contributed by atoms with van der Waals surface area (Å²) in [6, 6.07) is 7.78. The highest BCUT2D eigenvalue weighted by molar-refractivity contribution is 6.12. The Hall–Kier alpha value is -2.53. The first kappa shape index (κ1) is 19.8. The van der Waals surface area contributed by atoms with E-state index in [-0.39, 0.29) is 23.2 Å². The van der Waals surface area contributed by atoms with Crippen LogP contribution in [-0.2, 0) is 4.79 Å². The second kappa shape index (κ2) is 7.38. The predicted molar refractivity (Wildman–Crippen MR) is 109 cm³/mol. The fourth-order valence-electron chi connectivity index (χ4n) is 2.88. The molecule has 0 bridgehead atoms. The molecule has 0 fully saturated rings. The first-order valence-electron chi connectivity index (χ1n) is 8.90.